The Hall–Kier alpha value is -1.60. The Morgan fingerprint density at radius 1 is 1.40 bits per heavy atom. The molecule has 1 atom stereocenters. The van der Waals surface area contributed by atoms with Gasteiger partial charge in [-0.05, 0) is 18.2 Å². The van der Waals surface area contributed by atoms with Crippen LogP contribution in [0.15, 0.2) is 28.7 Å². The first-order chi connectivity index (χ1) is 9.49. The van der Waals surface area contributed by atoms with Gasteiger partial charge in [0.15, 0.2) is 6.10 Å². The number of hydrogen-bond donors (Lipinski definition) is 3. The minimum Gasteiger partial charge on any atom is -0.493 e. The topological polar surface area (TPSA) is 95.9 Å². The van der Waals surface area contributed by atoms with Gasteiger partial charge in [0.05, 0.1) is 13.0 Å². The summed E-state index contributed by atoms with van der Waals surface area (Å²) in [6.45, 7) is 0.340. The largest absolute Gasteiger partial charge is 0.493 e. The fourth-order valence-electron chi connectivity index (χ4n) is 1.38. The van der Waals surface area contributed by atoms with Crippen LogP contribution < -0.4 is 10.1 Å². The second-order valence-corrected chi connectivity index (χ2v) is 4.96. The normalized spacial score (nSPS) is 11.7. The summed E-state index contributed by atoms with van der Waals surface area (Å²) in [5.41, 5.74) is 0. The zero-order valence-electron chi connectivity index (χ0n) is 10.7. The van der Waals surface area contributed by atoms with Gasteiger partial charge in [-0.3, -0.25) is 4.79 Å². The lowest BCUT2D eigenvalue weighted by atomic mass is 10.2. The van der Waals surface area contributed by atoms with Crippen LogP contribution in [0.25, 0.3) is 0 Å². The van der Waals surface area contributed by atoms with Crippen LogP contribution in [0.3, 0.4) is 0 Å². The number of aliphatic hydroxyl groups excluding tert-OH is 1. The summed E-state index contributed by atoms with van der Waals surface area (Å²) in [4.78, 5) is 21.8. The van der Waals surface area contributed by atoms with Crippen LogP contribution in [0.2, 0.25) is 0 Å². The summed E-state index contributed by atoms with van der Waals surface area (Å²) in [6.07, 6.45) is -1.31. The smallest absolute Gasteiger partial charge is 0.332 e. The fraction of sp³-hybridized carbons (Fsp3) is 0.385. The lowest BCUT2D eigenvalue weighted by Gasteiger charge is -2.08. The molecule has 1 amide bonds. The minimum atomic E-state index is -1.45. The van der Waals surface area contributed by atoms with Crippen molar-refractivity contribution in [3.05, 3.63) is 28.7 Å². The van der Waals surface area contributed by atoms with E-state index in [4.69, 9.17) is 14.9 Å². The molecule has 0 aliphatic carbocycles. The molecule has 7 heteroatoms. The molecule has 0 aliphatic heterocycles. The summed E-state index contributed by atoms with van der Waals surface area (Å²) in [5.74, 6) is -0.886. The van der Waals surface area contributed by atoms with Crippen molar-refractivity contribution >= 4 is 27.8 Å². The lowest BCUT2D eigenvalue weighted by molar-refractivity contribution is -0.147. The molecule has 0 aliphatic rings. The second kappa shape index (κ2) is 8.55. The van der Waals surface area contributed by atoms with Crippen molar-refractivity contribution in [2.75, 3.05) is 13.2 Å². The van der Waals surface area contributed by atoms with Gasteiger partial charge >= 0.3 is 5.97 Å². The number of aliphatic hydroxyl groups is 1. The highest BCUT2D eigenvalue weighted by Crippen LogP contribution is 2.17. The number of amides is 1. The number of carbonyl (C=O) groups is 2. The molecule has 0 aromatic heterocycles. The van der Waals surface area contributed by atoms with Crippen molar-refractivity contribution in [2.45, 2.75) is 18.9 Å². The average Bonchev–Trinajstić information content (AvgIpc) is 2.38. The monoisotopic (exact) mass is 345 g/mol. The van der Waals surface area contributed by atoms with E-state index < -0.39 is 12.1 Å². The van der Waals surface area contributed by atoms with E-state index in [1.807, 2.05) is 12.1 Å². The molecule has 6 nitrogen and oxygen atoms in total. The van der Waals surface area contributed by atoms with Crippen LogP contribution in [0, 0.1) is 0 Å². The average molecular weight is 346 g/mol. The van der Waals surface area contributed by atoms with Crippen LogP contribution in [0.4, 0.5) is 0 Å². The van der Waals surface area contributed by atoms with Crippen LogP contribution in [0.5, 0.6) is 5.75 Å². The van der Waals surface area contributed by atoms with Crippen molar-refractivity contribution < 1.29 is 24.5 Å². The van der Waals surface area contributed by atoms with Gasteiger partial charge in [-0.25, -0.2) is 4.79 Å². The highest BCUT2D eigenvalue weighted by molar-refractivity contribution is 9.10. The van der Waals surface area contributed by atoms with E-state index in [1.54, 1.807) is 12.1 Å². The van der Waals surface area contributed by atoms with Crippen LogP contribution in [-0.2, 0) is 9.59 Å². The van der Waals surface area contributed by atoms with E-state index in [1.165, 1.54) is 0 Å². The number of nitrogens with one attached hydrogen (secondary N) is 1. The number of ether oxygens (including phenoxy) is 1. The number of halogens is 1. The van der Waals surface area contributed by atoms with E-state index in [0.29, 0.717) is 5.75 Å². The summed E-state index contributed by atoms with van der Waals surface area (Å²) in [6, 6.07) is 7.27. The van der Waals surface area contributed by atoms with Crippen LogP contribution >= 0.6 is 15.9 Å². The van der Waals surface area contributed by atoms with Gasteiger partial charge in [0.1, 0.15) is 5.75 Å². The quantitative estimate of drug-likeness (QED) is 0.657. The number of aliphatic carboxylic acids is 1. The summed E-state index contributed by atoms with van der Waals surface area (Å²) in [7, 11) is 0. The molecule has 0 saturated carbocycles. The molecule has 110 valence electrons. The highest BCUT2D eigenvalue weighted by atomic mass is 79.9. The summed E-state index contributed by atoms with van der Waals surface area (Å²) in [5, 5.41) is 20.0. The van der Waals surface area contributed by atoms with Gasteiger partial charge in [-0.15, -0.1) is 0 Å². The summed E-state index contributed by atoms with van der Waals surface area (Å²) < 4.78 is 6.28. The standard InChI is InChI=1S/C13H16BrNO5/c14-9-2-1-3-10(8-9)20-7-5-12(17)15-6-4-11(16)13(18)19/h1-3,8,11,16H,4-7H2,(H,15,17)(H,18,19)/t11-/m0/s1. The van der Waals surface area contributed by atoms with Gasteiger partial charge in [-0.1, -0.05) is 22.0 Å². The van der Waals surface area contributed by atoms with E-state index in [0.717, 1.165) is 4.47 Å². The van der Waals surface area contributed by atoms with Gasteiger partial charge in [0.2, 0.25) is 5.91 Å². The number of rotatable bonds is 8. The zero-order chi connectivity index (χ0) is 15.0. The van der Waals surface area contributed by atoms with Crippen molar-refractivity contribution in [3.63, 3.8) is 0 Å². The van der Waals surface area contributed by atoms with Gasteiger partial charge in [0.25, 0.3) is 0 Å². The third-order valence-electron chi connectivity index (χ3n) is 2.42. The molecule has 0 fully saturated rings. The van der Waals surface area contributed by atoms with Gasteiger partial charge in [-0.2, -0.15) is 0 Å². The molecule has 1 aromatic carbocycles. The molecule has 0 radical (unpaired) electrons. The molecule has 1 rings (SSSR count). The maximum atomic E-state index is 11.4. The molecular formula is C13H16BrNO5. The van der Waals surface area contributed by atoms with E-state index >= 15 is 0 Å². The van der Waals surface area contributed by atoms with Crippen molar-refractivity contribution in [1.29, 1.82) is 0 Å². The third-order valence-corrected chi connectivity index (χ3v) is 2.91. The lowest BCUT2D eigenvalue weighted by Crippen LogP contribution is -2.30. The fourth-order valence-corrected chi connectivity index (χ4v) is 1.76. The summed E-state index contributed by atoms with van der Waals surface area (Å²) >= 11 is 3.31. The predicted molar refractivity (Wildman–Crippen MR) is 75.5 cm³/mol. The van der Waals surface area contributed by atoms with E-state index in [2.05, 4.69) is 21.2 Å². The molecular weight excluding hydrogens is 330 g/mol. The number of carboxylic acid groups (broad SMARTS) is 1. The molecule has 0 unspecified atom stereocenters. The van der Waals surface area contributed by atoms with E-state index in [9.17, 15) is 9.59 Å². The molecule has 1 aromatic rings. The molecule has 0 saturated heterocycles. The first-order valence-corrected chi connectivity index (χ1v) is 6.84. The number of carboxylic acids is 1. The Labute approximate surface area is 124 Å². The molecule has 20 heavy (non-hydrogen) atoms. The molecule has 0 heterocycles. The molecule has 3 N–H and O–H groups in total. The number of hydrogen-bond acceptors (Lipinski definition) is 4. The minimum absolute atomic E-state index is 0.0203. The molecule has 0 spiro atoms. The maximum absolute atomic E-state index is 11.4. The van der Waals surface area contributed by atoms with Crippen molar-refractivity contribution in [2.24, 2.45) is 0 Å². The first kappa shape index (κ1) is 16.5. The van der Waals surface area contributed by atoms with Crippen molar-refractivity contribution in [1.82, 2.24) is 5.32 Å². The van der Waals surface area contributed by atoms with Gasteiger partial charge in [0, 0.05) is 17.4 Å². The SMILES string of the molecule is O=C(CCOc1cccc(Br)c1)NCC[C@H](O)C(=O)O. The maximum Gasteiger partial charge on any atom is 0.332 e. The molecule has 0 bridgehead atoms. The van der Waals surface area contributed by atoms with Gasteiger partial charge < -0.3 is 20.3 Å². The highest BCUT2D eigenvalue weighted by Gasteiger charge is 2.12. The second-order valence-electron chi connectivity index (χ2n) is 4.05. The predicted octanol–water partition coefficient (Wildman–Crippen LogP) is 1.17. The Morgan fingerprint density at radius 3 is 2.80 bits per heavy atom. The van der Waals surface area contributed by atoms with Crippen molar-refractivity contribution in [3.8, 4) is 5.75 Å². The first-order valence-electron chi connectivity index (χ1n) is 6.05. The van der Waals surface area contributed by atoms with Crippen LogP contribution in [0.1, 0.15) is 12.8 Å². The Balaban J connectivity index is 2.16. The number of carbonyl (C=O) groups excluding carboxylic acids is 1. The Bertz CT molecular complexity index is 466. The third kappa shape index (κ3) is 6.53. The Kier molecular flexibility index (Phi) is 7.03. The Morgan fingerprint density at radius 2 is 2.15 bits per heavy atom. The van der Waals surface area contributed by atoms with Crippen LogP contribution in [-0.4, -0.2) is 41.3 Å². The van der Waals surface area contributed by atoms with E-state index in [-0.39, 0.29) is 31.9 Å². The number of benzene rings is 1. The zero-order valence-corrected chi connectivity index (χ0v) is 12.3.